The van der Waals surface area contributed by atoms with Crippen molar-refractivity contribution in [3.05, 3.63) is 23.3 Å². The molecule has 1 amide bonds. The summed E-state index contributed by atoms with van der Waals surface area (Å²) >= 11 is 0. The van der Waals surface area contributed by atoms with Crippen molar-refractivity contribution in [1.82, 2.24) is 0 Å². The molecule has 1 aromatic carbocycles. The molecule has 1 aromatic rings. The first-order chi connectivity index (χ1) is 8.68. The van der Waals surface area contributed by atoms with E-state index >= 15 is 0 Å². The van der Waals surface area contributed by atoms with Crippen LogP contribution in [0, 0.1) is 0 Å². The number of aliphatic imine (C=N–C) groups is 1. The molecule has 1 saturated carbocycles. The Kier molecular flexibility index (Phi) is 2.25. The Morgan fingerprint density at radius 2 is 2.22 bits per heavy atom. The van der Waals surface area contributed by atoms with Gasteiger partial charge in [-0.15, -0.1) is 0 Å². The Balaban J connectivity index is 2.17. The number of benzene rings is 1. The topological polar surface area (TPSA) is 67.8 Å². The summed E-state index contributed by atoms with van der Waals surface area (Å²) in [6.45, 7) is 0. The average molecular weight is 244 g/mol. The lowest BCUT2D eigenvalue weighted by atomic mass is 9.99. The van der Waals surface area contributed by atoms with Crippen LogP contribution < -0.4 is 10.1 Å². The third-order valence-corrected chi connectivity index (χ3v) is 3.53. The molecule has 1 aliphatic carbocycles. The largest absolute Gasteiger partial charge is 0.497 e. The van der Waals surface area contributed by atoms with Gasteiger partial charge in [-0.05, 0) is 30.5 Å². The molecule has 0 saturated heterocycles. The number of isocyanates is 1. The Labute approximate surface area is 104 Å². The molecule has 3 rings (SSSR count). The first-order valence-electron chi connectivity index (χ1n) is 5.79. The van der Waals surface area contributed by atoms with Gasteiger partial charge in [-0.2, -0.15) is 4.99 Å². The maximum absolute atomic E-state index is 11.5. The Morgan fingerprint density at radius 3 is 2.83 bits per heavy atom. The molecule has 0 unspecified atom stereocenters. The highest BCUT2D eigenvalue weighted by Crippen LogP contribution is 2.53. The third kappa shape index (κ3) is 1.52. The van der Waals surface area contributed by atoms with E-state index in [1.165, 1.54) is 0 Å². The minimum atomic E-state index is -0.502. The molecule has 1 heterocycles. The number of carbonyl (C=O) groups is 1. The molecule has 18 heavy (non-hydrogen) atoms. The van der Waals surface area contributed by atoms with E-state index in [2.05, 4.69) is 10.3 Å². The minimum absolute atomic E-state index is 0.0367. The van der Waals surface area contributed by atoms with E-state index in [0.29, 0.717) is 12.2 Å². The van der Waals surface area contributed by atoms with Crippen LogP contribution in [0.15, 0.2) is 17.1 Å². The van der Waals surface area contributed by atoms with Crippen molar-refractivity contribution in [1.29, 1.82) is 0 Å². The number of fused-ring (bicyclic) bond motifs is 1. The number of methoxy groups -OCH3 is 1. The van der Waals surface area contributed by atoms with E-state index < -0.39 is 5.54 Å². The highest BCUT2D eigenvalue weighted by atomic mass is 16.5. The van der Waals surface area contributed by atoms with Gasteiger partial charge in [0.05, 0.1) is 19.2 Å². The van der Waals surface area contributed by atoms with Crippen LogP contribution in [0.3, 0.4) is 0 Å². The summed E-state index contributed by atoms with van der Waals surface area (Å²) in [6.07, 6.45) is 3.58. The Hall–Kier alpha value is -2.13. The molecule has 1 N–H and O–H groups in total. The van der Waals surface area contributed by atoms with E-state index in [1.54, 1.807) is 13.2 Å². The number of rotatable bonds is 3. The molecule has 1 fully saturated rings. The zero-order valence-electron chi connectivity index (χ0n) is 9.95. The molecule has 0 bridgehead atoms. The molecule has 0 atom stereocenters. The monoisotopic (exact) mass is 244 g/mol. The zero-order valence-corrected chi connectivity index (χ0v) is 9.95. The normalized spacial score (nSPS) is 18.6. The second-order valence-corrected chi connectivity index (χ2v) is 4.67. The summed E-state index contributed by atoms with van der Waals surface area (Å²) in [6, 6.07) is 3.69. The number of hydrogen-bond donors (Lipinski definition) is 1. The predicted octanol–water partition coefficient (Wildman–Crippen LogP) is 1.51. The molecular weight excluding hydrogens is 232 g/mol. The van der Waals surface area contributed by atoms with Gasteiger partial charge in [0, 0.05) is 5.56 Å². The number of anilines is 1. The van der Waals surface area contributed by atoms with Gasteiger partial charge >= 0.3 is 0 Å². The van der Waals surface area contributed by atoms with Gasteiger partial charge < -0.3 is 10.1 Å². The van der Waals surface area contributed by atoms with Gasteiger partial charge in [0.25, 0.3) is 0 Å². The fourth-order valence-corrected chi connectivity index (χ4v) is 2.45. The Morgan fingerprint density at radius 1 is 1.44 bits per heavy atom. The van der Waals surface area contributed by atoms with Crippen molar-refractivity contribution in [3.8, 4) is 5.75 Å². The summed E-state index contributed by atoms with van der Waals surface area (Å²) in [5.74, 6) is 0.651. The van der Waals surface area contributed by atoms with Crippen LogP contribution in [0.25, 0.3) is 0 Å². The van der Waals surface area contributed by atoms with Gasteiger partial charge in [-0.3, -0.25) is 4.79 Å². The lowest BCUT2D eigenvalue weighted by molar-refractivity contribution is -0.115. The molecule has 2 aliphatic rings. The second kappa shape index (κ2) is 3.68. The maximum atomic E-state index is 11.5. The summed E-state index contributed by atoms with van der Waals surface area (Å²) < 4.78 is 5.24. The lowest BCUT2D eigenvalue weighted by Crippen LogP contribution is -2.09. The number of nitrogens with zero attached hydrogens (tertiary/aromatic N) is 1. The van der Waals surface area contributed by atoms with Crippen LogP contribution in [0.2, 0.25) is 0 Å². The molecule has 5 heteroatoms. The summed E-state index contributed by atoms with van der Waals surface area (Å²) in [7, 11) is 1.58. The fourth-order valence-electron chi connectivity index (χ4n) is 2.45. The van der Waals surface area contributed by atoms with Crippen molar-refractivity contribution in [2.24, 2.45) is 4.99 Å². The molecule has 0 radical (unpaired) electrons. The van der Waals surface area contributed by atoms with Crippen LogP contribution in [0.5, 0.6) is 5.75 Å². The third-order valence-electron chi connectivity index (χ3n) is 3.53. The van der Waals surface area contributed by atoms with E-state index in [4.69, 9.17) is 4.74 Å². The summed E-state index contributed by atoms with van der Waals surface area (Å²) in [4.78, 5) is 25.9. The smallest absolute Gasteiger partial charge is 0.235 e. The number of nitrogens with one attached hydrogen (secondary N) is 1. The molecule has 5 nitrogen and oxygen atoms in total. The van der Waals surface area contributed by atoms with Gasteiger partial charge in [0.1, 0.15) is 11.3 Å². The van der Waals surface area contributed by atoms with Crippen molar-refractivity contribution in [2.45, 2.75) is 24.8 Å². The molecule has 92 valence electrons. The zero-order chi connectivity index (χ0) is 12.8. The van der Waals surface area contributed by atoms with Crippen LogP contribution in [-0.2, 0) is 21.5 Å². The molecular formula is C13H12N2O3. The maximum Gasteiger partial charge on any atom is 0.235 e. The first kappa shape index (κ1) is 11.0. The molecule has 0 spiro atoms. The van der Waals surface area contributed by atoms with Crippen LogP contribution in [0.4, 0.5) is 5.69 Å². The van der Waals surface area contributed by atoms with Gasteiger partial charge in [-0.25, -0.2) is 4.79 Å². The number of carbonyl (C=O) groups excluding carboxylic acids is 2. The first-order valence-corrected chi connectivity index (χ1v) is 5.79. The molecule has 0 aromatic heterocycles. The van der Waals surface area contributed by atoms with Crippen LogP contribution in [-0.4, -0.2) is 19.1 Å². The van der Waals surface area contributed by atoms with Crippen molar-refractivity contribution >= 4 is 17.7 Å². The minimum Gasteiger partial charge on any atom is -0.497 e. The van der Waals surface area contributed by atoms with Gasteiger partial charge in [-0.1, -0.05) is 0 Å². The van der Waals surface area contributed by atoms with Crippen molar-refractivity contribution in [2.75, 3.05) is 12.4 Å². The lowest BCUT2D eigenvalue weighted by Gasteiger charge is -2.15. The highest BCUT2D eigenvalue weighted by Gasteiger charge is 2.48. The van der Waals surface area contributed by atoms with Crippen LogP contribution >= 0.6 is 0 Å². The SMILES string of the molecule is COc1cc2c(c(C3(N=C=O)CC3)c1)NC(=O)C2. The van der Waals surface area contributed by atoms with Crippen molar-refractivity contribution in [3.63, 3.8) is 0 Å². The number of ether oxygens (including phenoxy) is 1. The number of amides is 1. The van der Waals surface area contributed by atoms with Gasteiger partial charge in [0.2, 0.25) is 12.0 Å². The fraction of sp³-hybridized carbons (Fsp3) is 0.385. The highest BCUT2D eigenvalue weighted by molar-refractivity contribution is 6.00. The Bertz CT molecular complexity index is 584. The summed E-state index contributed by atoms with van der Waals surface area (Å²) in [5.41, 5.74) is 2.06. The van der Waals surface area contributed by atoms with Crippen LogP contribution in [0.1, 0.15) is 24.0 Å². The molecule has 1 aliphatic heterocycles. The van der Waals surface area contributed by atoms with Gasteiger partial charge in [0.15, 0.2) is 0 Å². The summed E-state index contributed by atoms with van der Waals surface area (Å²) in [5, 5.41) is 2.84. The van der Waals surface area contributed by atoms with E-state index in [-0.39, 0.29) is 5.91 Å². The average Bonchev–Trinajstić information content (AvgIpc) is 3.02. The quantitative estimate of drug-likeness (QED) is 0.647. The predicted molar refractivity (Wildman–Crippen MR) is 64.4 cm³/mol. The number of hydrogen-bond acceptors (Lipinski definition) is 4. The van der Waals surface area contributed by atoms with E-state index in [9.17, 15) is 9.59 Å². The second-order valence-electron chi connectivity index (χ2n) is 4.67. The van der Waals surface area contributed by atoms with Crippen molar-refractivity contribution < 1.29 is 14.3 Å². The van der Waals surface area contributed by atoms with E-state index in [0.717, 1.165) is 29.7 Å². The van der Waals surface area contributed by atoms with E-state index in [1.807, 2.05) is 12.1 Å². The standard InChI is InChI=1S/C13H12N2O3/c1-18-9-4-8-5-11(17)15-12(8)10(6-9)13(2-3-13)14-7-16/h4,6H,2-3,5H2,1H3,(H,15,17).